The number of nitrogens with one attached hydrogen (secondary N) is 1. The predicted octanol–water partition coefficient (Wildman–Crippen LogP) is 1.72. The molecule has 0 aliphatic carbocycles. The smallest absolute Gasteiger partial charge is 0.358 e. The first kappa shape index (κ1) is 17.0. The Hall–Kier alpha value is -2.41. The van der Waals surface area contributed by atoms with E-state index in [2.05, 4.69) is 15.6 Å². The van der Waals surface area contributed by atoms with E-state index in [1.807, 2.05) is 38.1 Å². The predicted molar refractivity (Wildman–Crippen MR) is 84.5 cm³/mol. The van der Waals surface area contributed by atoms with Gasteiger partial charge in [0, 0.05) is 17.0 Å². The van der Waals surface area contributed by atoms with Crippen molar-refractivity contribution in [3.05, 3.63) is 46.7 Å². The zero-order chi connectivity index (χ0) is 17.0. The summed E-state index contributed by atoms with van der Waals surface area (Å²) >= 11 is 5.88. The maximum atomic E-state index is 12.0. The lowest BCUT2D eigenvalue weighted by molar-refractivity contribution is -0.122. The molecule has 1 amide bonds. The standard InChI is InChI=1S/C15H17ClN4O3/c1-15(2,10-3-5-11(16)6-4-10)9-17-13(21)8-20-7-12(14(22)23)18-19-20/h3-7H,8-9H2,1-2H3,(H,17,21)(H,22,23). The van der Waals surface area contributed by atoms with E-state index >= 15 is 0 Å². The third-order valence-corrected chi connectivity index (χ3v) is 3.67. The third-order valence-electron chi connectivity index (χ3n) is 3.42. The van der Waals surface area contributed by atoms with Crippen LogP contribution in [0.4, 0.5) is 0 Å². The second-order valence-electron chi connectivity index (χ2n) is 5.77. The maximum absolute atomic E-state index is 12.0. The van der Waals surface area contributed by atoms with Crippen molar-refractivity contribution in [2.75, 3.05) is 6.54 Å². The summed E-state index contributed by atoms with van der Waals surface area (Å²) < 4.78 is 1.19. The van der Waals surface area contributed by atoms with Crippen LogP contribution in [-0.4, -0.2) is 38.5 Å². The van der Waals surface area contributed by atoms with Gasteiger partial charge in [0.25, 0.3) is 0 Å². The van der Waals surface area contributed by atoms with Crippen molar-refractivity contribution in [3.63, 3.8) is 0 Å². The molecule has 8 heteroatoms. The minimum Gasteiger partial charge on any atom is -0.476 e. The molecule has 0 bridgehead atoms. The number of amides is 1. The maximum Gasteiger partial charge on any atom is 0.358 e. The Bertz CT molecular complexity index is 710. The molecule has 0 aliphatic heterocycles. The molecule has 2 N–H and O–H groups in total. The number of benzene rings is 1. The van der Waals surface area contributed by atoms with E-state index < -0.39 is 5.97 Å². The largest absolute Gasteiger partial charge is 0.476 e. The number of carbonyl (C=O) groups excluding carboxylic acids is 1. The first-order chi connectivity index (χ1) is 10.8. The molecule has 1 heterocycles. The zero-order valence-corrected chi connectivity index (χ0v) is 13.5. The number of aromatic carboxylic acids is 1. The van der Waals surface area contributed by atoms with Gasteiger partial charge in [-0.3, -0.25) is 4.79 Å². The van der Waals surface area contributed by atoms with Crippen LogP contribution < -0.4 is 5.32 Å². The molecule has 2 aromatic rings. The Morgan fingerprint density at radius 3 is 2.52 bits per heavy atom. The van der Waals surface area contributed by atoms with Gasteiger partial charge in [-0.1, -0.05) is 42.8 Å². The molecular formula is C15H17ClN4O3. The summed E-state index contributed by atoms with van der Waals surface area (Å²) in [7, 11) is 0. The highest BCUT2D eigenvalue weighted by Gasteiger charge is 2.21. The number of hydrogen-bond acceptors (Lipinski definition) is 4. The average Bonchev–Trinajstić information content (AvgIpc) is 2.94. The first-order valence-electron chi connectivity index (χ1n) is 6.94. The fraction of sp³-hybridized carbons (Fsp3) is 0.333. The van der Waals surface area contributed by atoms with Crippen LogP contribution in [0, 0.1) is 0 Å². The Kier molecular flexibility index (Phi) is 5.00. The van der Waals surface area contributed by atoms with Crippen molar-refractivity contribution < 1.29 is 14.7 Å². The van der Waals surface area contributed by atoms with Gasteiger partial charge in [0.2, 0.25) is 5.91 Å². The van der Waals surface area contributed by atoms with Crippen LogP contribution in [-0.2, 0) is 16.8 Å². The van der Waals surface area contributed by atoms with E-state index in [1.165, 1.54) is 10.9 Å². The van der Waals surface area contributed by atoms with Crippen LogP contribution >= 0.6 is 11.6 Å². The quantitative estimate of drug-likeness (QED) is 0.837. The number of halogens is 1. The van der Waals surface area contributed by atoms with Gasteiger partial charge in [0.05, 0.1) is 6.20 Å². The molecule has 0 fully saturated rings. The van der Waals surface area contributed by atoms with Crippen molar-refractivity contribution in [1.29, 1.82) is 0 Å². The fourth-order valence-electron chi connectivity index (χ4n) is 2.00. The minimum atomic E-state index is -1.18. The van der Waals surface area contributed by atoms with Gasteiger partial charge in [0.15, 0.2) is 5.69 Å². The minimum absolute atomic E-state index is 0.0863. The summed E-state index contributed by atoms with van der Waals surface area (Å²) in [5.74, 6) is -1.45. The highest BCUT2D eigenvalue weighted by atomic mass is 35.5. The fourth-order valence-corrected chi connectivity index (χ4v) is 2.13. The molecular weight excluding hydrogens is 320 g/mol. The van der Waals surface area contributed by atoms with Crippen LogP contribution in [0.1, 0.15) is 29.9 Å². The Balaban J connectivity index is 1.92. The lowest BCUT2D eigenvalue weighted by atomic mass is 9.84. The highest BCUT2D eigenvalue weighted by Crippen LogP contribution is 2.23. The summed E-state index contributed by atoms with van der Waals surface area (Å²) in [4.78, 5) is 22.7. The SMILES string of the molecule is CC(C)(CNC(=O)Cn1cc(C(=O)O)nn1)c1ccc(Cl)cc1. The Labute approximate surface area is 138 Å². The van der Waals surface area contributed by atoms with Crippen molar-refractivity contribution in [2.45, 2.75) is 25.8 Å². The lowest BCUT2D eigenvalue weighted by Gasteiger charge is -2.25. The molecule has 0 atom stereocenters. The second-order valence-corrected chi connectivity index (χ2v) is 6.21. The van der Waals surface area contributed by atoms with Gasteiger partial charge in [-0.2, -0.15) is 0 Å². The van der Waals surface area contributed by atoms with Gasteiger partial charge >= 0.3 is 5.97 Å². The van der Waals surface area contributed by atoms with Crippen molar-refractivity contribution in [1.82, 2.24) is 20.3 Å². The molecule has 0 saturated heterocycles. The number of carboxylic acids is 1. The van der Waals surface area contributed by atoms with E-state index in [9.17, 15) is 9.59 Å². The van der Waals surface area contributed by atoms with Crippen molar-refractivity contribution >= 4 is 23.5 Å². The van der Waals surface area contributed by atoms with Gasteiger partial charge in [-0.15, -0.1) is 5.10 Å². The van der Waals surface area contributed by atoms with Gasteiger partial charge in [0.1, 0.15) is 6.54 Å². The molecule has 23 heavy (non-hydrogen) atoms. The van der Waals surface area contributed by atoms with Crippen LogP contribution in [0.25, 0.3) is 0 Å². The molecule has 7 nitrogen and oxygen atoms in total. The molecule has 1 aromatic heterocycles. The molecule has 0 saturated carbocycles. The summed E-state index contributed by atoms with van der Waals surface area (Å²) in [6, 6.07) is 7.46. The summed E-state index contributed by atoms with van der Waals surface area (Å²) in [6.45, 7) is 4.36. The molecule has 1 aromatic carbocycles. The average molecular weight is 337 g/mol. The van der Waals surface area contributed by atoms with Crippen LogP contribution in [0.3, 0.4) is 0 Å². The van der Waals surface area contributed by atoms with E-state index in [0.717, 1.165) is 5.56 Å². The van der Waals surface area contributed by atoms with E-state index in [1.54, 1.807) is 0 Å². The van der Waals surface area contributed by atoms with E-state index in [4.69, 9.17) is 16.7 Å². The van der Waals surface area contributed by atoms with Crippen LogP contribution in [0.15, 0.2) is 30.5 Å². The summed E-state index contributed by atoms with van der Waals surface area (Å²) in [5, 5.41) is 19.3. The van der Waals surface area contributed by atoms with Crippen molar-refractivity contribution in [2.24, 2.45) is 0 Å². The number of aromatic nitrogens is 3. The molecule has 0 radical (unpaired) electrons. The second kappa shape index (κ2) is 6.78. The lowest BCUT2D eigenvalue weighted by Crippen LogP contribution is -2.38. The summed E-state index contributed by atoms with van der Waals surface area (Å²) in [5.41, 5.74) is 0.588. The van der Waals surface area contributed by atoms with E-state index in [0.29, 0.717) is 11.6 Å². The molecule has 122 valence electrons. The van der Waals surface area contributed by atoms with Gasteiger partial charge in [-0.05, 0) is 17.7 Å². The number of carbonyl (C=O) groups is 2. The third kappa shape index (κ3) is 4.53. The van der Waals surface area contributed by atoms with Gasteiger partial charge < -0.3 is 10.4 Å². The summed E-state index contributed by atoms with van der Waals surface area (Å²) in [6.07, 6.45) is 1.21. The molecule has 2 rings (SSSR count). The Morgan fingerprint density at radius 1 is 1.30 bits per heavy atom. The van der Waals surface area contributed by atoms with Crippen LogP contribution in [0.2, 0.25) is 5.02 Å². The van der Waals surface area contributed by atoms with Crippen molar-refractivity contribution in [3.8, 4) is 0 Å². The van der Waals surface area contributed by atoms with Gasteiger partial charge in [-0.25, -0.2) is 9.48 Å². The number of rotatable bonds is 6. The van der Waals surface area contributed by atoms with E-state index in [-0.39, 0.29) is 23.6 Å². The molecule has 0 spiro atoms. The highest BCUT2D eigenvalue weighted by molar-refractivity contribution is 6.30. The first-order valence-corrected chi connectivity index (χ1v) is 7.32. The number of carboxylic acid groups (broad SMARTS) is 1. The Morgan fingerprint density at radius 2 is 1.96 bits per heavy atom. The van der Waals surface area contributed by atoms with Crippen LogP contribution in [0.5, 0.6) is 0 Å². The molecule has 0 unspecified atom stereocenters. The monoisotopic (exact) mass is 336 g/mol. The zero-order valence-electron chi connectivity index (χ0n) is 12.8. The molecule has 0 aliphatic rings. The normalized spacial score (nSPS) is 11.3. The topological polar surface area (TPSA) is 97.1 Å². The number of hydrogen-bond donors (Lipinski definition) is 2. The number of nitrogens with zero attached hydrogens (tertiary/aromatic N) is 3.